The fourth-order valence-corrected chi connectivity index (χ4v) is 2.17. The maximum Gasteiger partial charge on any atom is 0.408 e. The number of ether oxygens (including phenoxy) is 1. The van der Waals surface area contributed by atoms with Gasteiger partial charge in [0.25, 0.3) is 0 Å². The van der Waals surface area contributed by atoms with Crippen molar-refractivity contribution in [3.05, 3.63) is 71.8 Å². The highest BCUT2D eigenvalue weighted by Crippen LogP contribution is 2.22. The lowest BCUT2D eigenvalue weighted by Gasteiger charge is -2.17. The molecular formula is C19H21NO3. The first-order valence-corrected chi connectivity index (χ1v) is 7.81. The molecule has 1 amide bonds. The predicted octanol–water partition coefficient (Wildman–Crippen LogP) is 4.14. The summed E-state index contributed by atoms with van der Waals surface area (Å²) in [6.45, 7) is 2.58. The molecule has 0 aliphatic rings. The Kier molecular flexibility index (Phi) is 6.36. The van der Waals surface area contributed by atoms with Crippen LogP contribution in [0.5, 0.6) is 0 Å². The van der Waals surface area contributed by atoms with Crippen LogP contribution in [0.1, 0.15) is 41.8 Å². The smallest absolute Gasteiger partial charge is 0.408 e. The number of carbonyl (C=O) groups excluding carboxylic acids is 2. The quantitative estimate of drug-likeness (QED) is 0.617. The number of carbonyl (C=O) groups is 2. The van der Waals surface area contributed by atoms with Crippen LogP contribution in [0, 0.1) is 0 Å². The molecule has 4 nitrogen and oxygen atoms in total. The van der Waals surface area contributed by atoms with Crippen molar-refractivity contribution in [2.45, 2.75) is 25.9 Å². The molecule has 0 aliphatic carbocycles. The molecule has 1 N–H and O–H groups in total. The normalized spacial score (nSPS) is 11.5. The third-order valence-corrected chi connectivity index (χ3v) is 3.42. The van der Waals surface area contributed by atoms with E-state index in [1.807, 2.05) is 31.2 Å². The maximum absolute atomic E-state index is 12.7. The predicted molar refractivity (Wildman–Crippen MR) is 89.3 cm³/mol. The van der Waals surface area contributed by atoms with Gasteiger partial charge < -0.3 is 10.1 Å². The lowest BCUT2D eigenvalue weighted by Crippen LogP contribution is -2.29. The first-order valence-electron chi connectivity index (χ1n) is 7.81. The van der Waals surface area contributed by atoms with Gasteiger partial charge in [-0.2, -0.15) is 0 Å². The van der Waals surface area contributed by atoms with Crippen LogP contribution >= 0.6 is 0 Å². The van der Waals surface area contributed by atoms with Crippen LogP contribution in [-0.2, 0) is 4.74 Å². The van der Waals surface area contributed by atoms with Crippen LogP contribution in [0.15, 0.2) is 60.7 Å². The molecule has 0 bridgehead atoms. The van der Waals surface area contributed by atoms with E-state index in [2.05, 4.69) is 5.32 Å². The highest BCUT2D eigenvalue weighted by molar-refractivity contribution is 6.00. The highest BCUT2D eigenvalue weighted by atomic mass is 16.6. The van der Waals surface area contributed by atoms with Gasteiger partial charge in [0, 0.05) is 17.7 Å². The molecule has 0 saturated carbocycles. The van der Waals surface area contributed by atoms with Gasteiger partial charge >= 0.3 is 6.09 Å². The molecule has 0 heterocycles. The summed E-state index contributed by atoms with van der Waals surface area (Å²) >= 11 is 0. The minimum atomic E-state index is -0.944. The van der Waals surface area contributed by atoms with Crippen LogP contribution in [0.3, 0.4) is 0 Å². The number of unbranched alkanes of at least 4 members (excludes halogenated alkanes) is 1. The molecule has 0 spiro atoms. The fraction of sp³-hybridized carbons (Fsp3) is 0.263. The molecule has 23 heavy (non-hydrogen) atoms. The number of Topliss-reactive ketones (excluding diaryl/α,β-unsaturated/α-hetero) is 1. The molecule has 2 aromatic carbocycles. The summed E-state index contributed by atoms with van der Waals surface area (Å²) < 4.78 is 5.40. The third kappa shape index (κ3) is 4.95. The van der Waals surface area contributed by atoms with E-state index in [-0.39, 0.29) is 5.78 Å². The van der Waals surface area contributed by atoms with E-state index in [1.165, 1.54) is 0 Å². The molecule has 2 rings (SSSR count). The molecule has 0 aromatic heterocycles. The van der Waals surface area contributed by atoms with Gasteiger partial charge in [0.05, 0.1) is 0 Å². The second kappa shape index (κ2) is 8.73. The number of hydrogen-bond acceptors (Lipinski definition) is 3. The Labute approximate surface area is 136 Å². The number of hydrogen-bond donors (Lipinski definition) is 1. The van der Waals surface area contributed by atoms with Crippen LogP contribution < -0.4 is 5.32 Å². The van der Waals surface area contributed by atoms with Crippen molar-refractivity contribution in [3.8, 4) is 0 Å². The summed E-state index contributed by atoms with van der Waals surface area (Å²) in [5, 5.41) is 2.68. The van der Waals surface area contributed by atoms with Crippen molar-refractivity contribution in [3.63, 3.8) is 0 Å². The first kappa shape index (κ1) is 16.7. The molecule has 2 aromatic rings. The zero-order valence-electron chi connectivity index (χ0n) is 13.2. The monoisotopic (exact) mass is 311 g/mol. The van der Waals surface area contributed by atoms with Gasteiger partial charge in [0.15, 0.2) is 6.10 Å². The van der Waals surface area contributed by atoms with Crippen molar-refractivity contribution in [2.75, 3.05) is 6.54 Å². The molecule has 0 saturated heterocycles. The number of ketones is 1. The van der Waals surface area contributed by atoms with Gasteiger partial charge in [-0.1, -0.05) is 74.0 Å². The minimum absolute atomic E-state index is 0.234. The van der Waals surface area contributed by atoms with Crippen LogP contribution in [-0.4, -0.2) is 18.4 Å². The lowest BCUT2D eigenvalue weighted by atomic mass is 10.00. The summed E-state index contributed by atoms with van der Waals surface area (Å²) in [5.41, 5.74) is 1.18. The Morgan fingerprint density at radius 3 is 2.22 bits per heavy atom. The van der Waals surface area contributed by atoms with E-state index < -0.39 is 12.2 Å². The van der Waals surface area contributed by atoms with Crippen LogP contribution in [0.25, 0.3) is 0 Å². The molecule has 0 fully saturated rings. The van der Waals surface area contributed by atoms with E-state index in [1.54, 1.807) is 36.4 Å². The molecule has 4 heteroatoms. The minimum Gasteiger partial charge on any atom is -0.433 e. The van der Waals surface area contributed by atoms with Gasteiger partial charge in [-0.15, -0.1) is 0 Å². The average Bonchev–Trinajstić information content (AvgIpc) is 2.61. The third-order valence-electron chi connectivity index (χ3n) is 3.42. The topological polar surface area (TPSA) is 55.4 Å². The summed E-state index contributed by atoms with van der Waals surface area (Å²) in [4.78, 5) is 24.7. The van der Waals surface area contributed by atoms with Crippen molar-refractivity contribution in [2.24, 2.45) is 0 Å². The summed E-state index contributed by atoms with van der Waals surface area (Å²) in [6, 6.07) is 17.9. The van der Waals surface area contributed by atoms with Crippen molar-refractivity contribution in [1.29, 1.82) is 0 Å². The van der Waals surface area contributed by atoms with E-state index in [0.29, 0.717) is 17.7 Å². The van der Waals surface area contributed by atoms with E-state index >= 15 is 0 Å². The molecular weight excluding hydrogens is 290 g/mol. The van der Waals surface area contributed by atoms with E-state index in [4.69, 9.17) is 4.74 Å². The Morgan fingerprint density at radius 2 is 1.61 bits per heavy atom. The number of rotatable bonds is 7. The maximum atomic E-state index is 12.7. The Morgan fingerprint density at radius 1 is 1.00 bits per heavy atom. The van der Waals surface area contributed by atoms with Gasteiger partial charge in [-0.3, -0.25) is 4.79 Å². The van der Waals surface area contributed by atoms with Gasteiger partial charge in [-0.05, 0) is 6.42 Å². The van der Waals surface area contributed by atoms with Crippen molar-refractivity contribution in [1.82, 2.24) is 5.32 Å². The number of alkyl carbamates (subject to hydrolysis) is 1. The standard InChI is InChI=1S/C19H21NO3/c1-2-3-14-20-19(22)23-18(16-12-8-5-9-13-16)17(21)15-10-6-4-7-11-15/h4-13,18H,2-3,14H2,1H3,(H,20,22). The van der Waals surface area contributed by atoms with Gasteiger partial charge in [0.2, 0.25) is 5.78 Å². The zero-order valence-corrected chi connectivity index (χ0v) is 13.2. The molecule has 1 unspecified atom stereocenters. The summed E-state index contributed by atoms with van der Waals surface area (Å²) in [5.74, 6) is -0.234. The van der Waals surface area contributed by atoms with Crippen LogP contribution in [0.4, 0.5) is 4.79 Å². The SMILES string of the molecule is CCCCNC(=O)OC(C(=O)c1ccccc1)c1ccccc1. The summed E-state index contributed by atoms with van der Waals surface area (Å²) in [7, 11) is 0. The van der Waals surface area contributed by atoms with Crippen LogP contribution in [0.2, 0.25) is 0 Å². The largest absolute Gasteiger partial charge is 0.433 e. The second-order valence-electron chi connectivity index (χ2n) is 5.21. The molecule has 1 atom stereocenters. The van der Waals surface area contributed by atoms with E-state index in [0.717, 1.165) is 12.8 Å². The fourth-order valence-electron chi connectivity index (χ4n) is 2.17. The van der Waals surface area contributed by atoms with Crippen molar-refractivity contribution < 1.29 is 14.3 Å². The Hall–Kier alpha value is -2.62. The summed E-state index contributed by atoms with van der Waals surface area (Å²) in [6.07, 6.45) is 0.333. The molecule has 0 radical (unpaired) electrons. The Balaban J connectivity index is 2.16. The highest BCUT2D eigenvalue weighted by Gasteiger charge is 2.25. The average molecular weight is 311 g/mol. The molecule has 120 valence electrons. The number of amides is 1. The van der Waals surface area contributed by atoms with Gasteiger partial charge in [0.1, 0.15) is 0 Å². The lowest BCUT2D eigenvalue weighted by molar-refractivity contribution is 0.0628. The zero-order chi connectivity index (χ0) is 16.5. The second-order valence-corrected chi connectivity index (χ2v) is 5.21. The van der Waals surface area contributed by atoms with Crippen molar-refractivity contribution >= 4 is 11.9 Å². The number of nitrogens with one attached hydrogen (secondary N) is 1. The van der Waals surface area contributed by atoms with Gasteiger partial charge in [-0.25, -0.2) is 4.79 Å². The van der Waals surface area contributed by atoms with E-state index in [9.17, 15) is 9.59 Å². The number of benzene rings is 2. The first-order chi connectivity index (χ1) is 11.2. The molecule has 0 aliphatic heterocycles. The Bertz CT molecular complexity index is 626.